The van der Waals surface area contributed by atoms with Crippen LogP contribution in [0.25, 0.3) is 0 Å². The largest absolute Gasteiger partial charge is 0.472 e. The minimum atomic E-state index is -5.01. The highest BCUT2D eigenvalue weighted by Gasteiger charge is 2.51. The number of phosphoric ester groups is 1. The Morgan fingerprint density at radius 2 is 1.09 bits per heavy atom. The normalized spacial score (nSPS) is 23.8. The zero-order valence-electron chi connectivity index (χ0n) is 33.3. The van der Waals surface area contributed by atoms with Crippen LogP contribution in [0.4, 0.5) is 0 Å². The molecule has 6 unspecified atom stereocenters. The molecule has 0 radical (unpaired) electrons. The number of ether oxygens (including phenoxy) is 2. The average molecular weight is 791 g/mol. The molecule has 6 atom stereocenters. The molecule has 1 aliphatic rings. The molecule has 0 amide bonds. The molecule has 0 aliphatic heterocycles. The molecule has 1 saturated carbocycles. The minimum Gasteiger partial charge on any atom is -0.457 e. The third kappa shape index (κ3) is 24.9. The van der Waals surface area contributed by atoms with Crippen LogP contribution < -0.4 is 0 Å². The number of hydrogen-bond donors (Lipinski definition) is 6. The molecule has 0 saturated heterocycles. The number of unbranched alkanes of at least 4 members (excludes halogenated alkanes) is 16. The number of allylic oxidation sites excluding steroid dienone is 6. The lowest BCUT2D eigenvalue weighted by Crippen LogP contribution is -2.64. The number of phosphoric acid groups is 1. The van der Waals surface area contributed by atoms with E-state index in [1.807, 2.05) is 0 Å². The maximum absolute atomic E-state index is 12.7. The van der Waals surface area contributed by atoms with Crippen LogP contribution in [0.1, 0.15) is 155 Å². The first-order valence-electron chi connectivity index (χ1n) is 20.8. The number of carbonyl (C=O) groups excluding carboxylic acids is 1. The van der Waals surface area contributed by atoms with Crippen molar-refractivity contribution in [1.29, 1.82) is 0 Å². The number of carbonyl (C=O) groups is 1. The van der Waals surface area contributed by atoms with Crippen LogP contribution in [-0.4, -0.2) is 98.9 Å². The predicted molar refractivity (Wildman–Crippen MR) is 212 cm³/mol. The smallest absolute Gasteiger partial charge is 0.457 e. The van der Waals surface area contributed by atoms with Gasteiger partial charge in [-0.25, -0.2) is 4.57 Å². The van der Waals surface area contributed by atoms with E-state index in [1.54, 1.807) is 0 Å². The minimum absolute atomic E-state index is 0.0805. The first-order valence-corrected chi connectivity index (χ1v) is 22.3. The van der Waals surface area contributed by atoms with E-state index in [0.717, 1.165) is 70.6 Å². The van der Waals surface area contributed by atoms with Crippen LogP contribution in [0.15, 0.2) is 36.5 Å². The van der Waals surface area contributed by atoms with Crippen LogP contribution >= 0.6 is 7.82 Å². The SMILES string of the molecule is CC/C=C\C/C=C\C/C=C\CCCCCCCCCCOCC(COP(=O)(O)OC1C(O)C(O)C(O)C(O)C1O)OC(=O)CCCCCCCCCCC. The summed E-state index contributed by atoms with van der Waals surface area (Å²) in [6.45, 7) is 4.09. The molecule has 0 aromatic carbocycles. The van der Waals surface area contributed by atoms with Gasteiger partial charge in [0.05, 0.1) is 13.2 Å². The molecule has 0 aromatic heterocycles. The second kappa shape index (κ2) is 32.6. The van der Waals surface area contributed by atoms with Crippen molar-refractivity contribution in [3.05, 3.63) is 36.5 Å². The van der Waals surface area contributed by atoms with Gasteiger partial charge in [-0.15, -0.1) is 0 Å². The Morgan fingerprint density at radius 3 is 1.67 bits per heavy atom. The summed E-state index contributed by atoms with van der Waals surface area (Å²) in [4.78, 5) is 23.0. The van der Waals surface area contributed by atoms with E-state index in [9.17, 15) is 39.8 Å². The lowest BCUT2D eigenvalue weighted by atomic mass is 9.85. The van der Waals surface area contributed by atoms with E-state index in [4.69, 9.17) is 18.5 Å². The Bertz CT molecular complexity index is 1040. The predicted octanol–water partition coefficient (Wildman–Crippen LogP) is 7.53. The van der Waals surface area contributed by atoms with Crippen molar-refractivity contribution in [3.8, 4) is 0 Å². The van der Waals surface area contributed by atoms with Gasteiger partial charge >= 0.3 is 13.8 Å². The van der Waals surface area contributed by atoms with Crippen molar-refractivity contribution in [2.45, 2.75) is 198 Å². The van der Waals surface area contributed by atoms with Crippen LogP contribution in [-0.2, 0) is 27.9 Å². The van der Waals surface area contributed by atoms with Crippen molar-refractivity contribution in [2.75, 3.05) is 19.8 Å². The van der Waals surface area contributed by atoms with Gasteiger partial charge in [0.15, 0.2) is 0 Å². The number of rotatable bonds is 34. The Balaban J connectivity index is 2.40. The fraction of sp³-hybridized carbons (Fsp3) is 0.829. The summed E-state index contributed by atoms with van der Waals surface area (Å²) in [5.74, 6) is -0.485. The molecule has 0 aromatic rings. The number of esters is 1. The van der Waals surface area contributed by atoms with Gasteiger partial charge in [-0.05, 0) is 44.9 Å². The standard InChI is InChI=1S/C41H75O12P/c1-3-5-7-9-11-13-14-15-16-17-18-19-20-21-23-25-27-29-31-50-32-34(52-35(42)30-28-26-24-22-12-10-8-6-4-2)33-51-54(48,49)53-41-39(46)37(44)36(43)38(45)40(41)47/h5,7,11,13,15-16,34,36-41,43-47H,3-4,6,8-10,12,14,17-33H2,1-2H3,(H,48,49)/b7-5-,13-11-,16-15-. The van der Waals surface area contributed by atoms with Gasteiger partial charge in [0.1, 0.15) is 42.7 Å². The number of hydrogen-bond acceptors (Lipinski definition) is 11. The molecule has 13 heteroatoms. The van der Waals surface area contributed by atoms with E-state index >= 15 is 0 Å². The van der Waals surface area contributed by atoms with Gasteiger partial charge in [-0.3, -0.25) is 13.8 Å². The molecule has 12 nitrogen and oxygen atoms in total. The van der Waals surface area contributed by atoms with E-state index < -0.39 is 63.1 Å². The Morgan fingerprint density at radius 1 is 0.611 bits per heavy atom. The third-order valence-electron chi connectivity index (χ3n) is 9.53. The third-order valence-corrected chi connectivity index (χ3v) is 10.5. The number of aliphatic hydroxyl groups is 5. The van der Waals surface area contributed by atoms with Gasteiger partial charge in [0, 0.05) is 13.0 Å². The van der Waals surface area contributed by atoms with Gasteiger partial charge in [0.2, 0.25) is 0 Å². The summed E-state index contributed by atoms with van der Waals surface area (Å²) in [6.07, 6.45) is 23.7. The van der Waals surface area contributed by atoms with Gasteiger partial charge in [-0.1, -0.05) is 140 Å². The molecule has 6 N–H and O–H groups in total. The van der Waals surface area contributed by atoms with Crippen molar-refractivity contribution >= 4 is 13.8 Å². The van der Waals surface area contributed by atoms with Crippen LogP contribution in [0, 0.1) is 0 Å². The monoisotopic (exact) mass is 790 g/mol. The molecular weight excluding hydrogens is 715 g/mol. The highest BCUT2D eigenvalue weighted by molar-refractivity contribution is 7.47. The van der Waals surface area contributed by atoms with Crippen molar-refractivity contribution in [2.24, 2.45) is 0 Å². The van der Waals surface area contributed by atoms with Crippen molar-refractivity contribution < 1.29 is 58.3 Å². The molecule has 1 fully saturated rings. The van der Waals surface area contributed by atoms with Crippen molar-refractivity contribution in [3.63, 3.8) is 0 Å². The van der Waals surface area contributed by atoms with E-state index in [2.05, 4.69) is 50.3 Å². The van der Waals surface area contributed by atoms with E-state index in [-0.39, 0.29) is 13.0 Å². The summed E-state index contributed by atoms with van der Waals surface area (Å²) in [5.41, 5.74) is 0. The second-order valence-electron chi connectivity index (χ2n) is 14.5. The summed E-state index contributed by atoms with van der Waals surface area (Å²) in [5, 5.41) is 50.0. The molecule has 316 valence electrons. The summed E-state index contributed by atoms with van der Waals surface area (Å²) < 4.78 is 34.0. The zero-order chi connectivity index (χ0) is 39.9. The molecule has 0 heterocycles. The highest BCUT2D eigenvalue weighted by atomic mass is 31.2. The molecule has 54 heavy (non-hydrogen) atoms. The lowest BCUT2D eigenvalue weighted by molar-refractivity contribution is -0.220. The maximum Gasteiger partial charge on any atom is 0.472 e. The maximum atomic E-state index is 12.7. The first-order chi connectivity index (χ1) is 26.0. The average Bonchev–Trinajstić information content (AvgIpc) is 3.15. The first kappa shape index (κ1) is 50.6. The quantitative estimate of drug-likeness (QED) is 0.0163. The van der Waals surface area contributed by atoms with Gasteiger partial charge < -0.3 is 39.9 Å². The van der Waals surface area contributed by atoms with Crippen molar-refractivity contribution in [1.82, 2.24) is 0 Å². The van der Waals surface area contributed by atoms with E-state index in [0.29, 0.717) is 13.0 Å². The zero-order valence-corrected chi connectivity index (χ0v) is 34.2. The lowest BCUT2D eigenvalue weighted by Gasteiger charge is -2.41. The molecule has 1 aliphatic carbocycles. The Kier molecular flexibility index (Phi) is 30.6. The van der Waals surface area contributed by atoms with Crippen LogP contribution in [0.2, 0.25) is 0 Å². The summed E-state index contributed by atoms with van der Waals surface area (Å²) >= 11 is 0. The second-order valence-corrected chi connectivity index (χ2v) is 15.9. The highest BCUT2D eigenvalue weighted by Crippen LogP contribution is 2.47. The summed E-state index contributed by atoms with van der Waals surface area (Å²) in [7, 11) is -5.01. The molecule has 1 rings (SSSR count). The van der Waals surface area contributed by atoms with Crippen LogP contribution in [0.3, 0.4) is 0 Å². The van der Waals surface area contributed by atoms with Crippen LogP contribution in [0.5, 0.6) is 0 Å². The Hall–Kier alpha value is -1.44. The number of aliphatic hydroxyl groups excluding tert-OH is 5. The molecular formula is C41H75O12P. The van der Waals surface area contributed by atoms with E-state index in [1.165, 1.54) is 57.8 Å². The van der Waals surface area contributed by atoms with Gasteiger partial charge in [0.25, 0.3) is 0 Å². The fourth-order valence-electron chi connectivity index (χ4n) is 6.19. The fourth-order valence-corrected chi connectivity index (χ4v) is 7.16. The topological polar surface area (TPSA) is 192 Å². The van der Waals surface area contributed by atoms with Gasteiger partial charge in [-0.2, -0.15) is 0 Å². The Labute approximate surface area is 325 Å². The molecule has 0 bridgehead atoms. The summed E-state index contributed by atoms with van der Waals surface area (Å²) in [6, 6.07) is 0. The molecule has 0 spiro atoms.